The predicted octanol–water partition coefficient (Wildman–Crippen LogP) is 3.53. The molecule has 0 heterocycles. The highest BCUT2D eigenvalue weighted by Gasteiger charge is 2.05. The Bertz CT molecular complexity index is 155. The van der Waals surface area contributed by atoms with Crippen LogP contribution in [0.1, 0.15) is 64.7 Å². The van der Waals surface area contributed by atoms with E-state index < -0.39 is 0 Å². The summed E-state index contributed by atoms with van der Waals surface area (Å²) in [5.74, 6) is -0.0295. The fraction of sp³-hybridized carbons (Fsp3) is 0.846. The third kappa shape index (κ3) is 9.64. The van der Waals surface area contributed by atoms with Gasteiger partial charge in [0.05, 0.1) is 0 Å². The number of carbonyl (C=O) groups is 2. The first-order valence-corrected chi connectivity index (χ1v) is 6.24. The fourth-order valence-electron chi connectivity index (χ4n) is 1.73. The van der Waals surface area contributed by atoms with Crippen molar-refractivity contribution in [3.63, 3.8) is 0 Å². The molecule has 0 N–H and O–H groups in total. The van der Waals surface area contributed by atoms with Gasteiger partial charge < -0.3 is 9.59 Å². The van der Waals surface area contributed by atoms with Gasteiger partial charge in [0.15, 0.2) is 0 Å². The van der Waals surface area contributed by atoms with Crippen LogP contribution in [0.5, 0.6) is 0 Å². The van der Waals surface area contributed by atoms with Crippen molar-refractivity contribution in [3.05, 3.63) is 0 Å². The molecule has 0 saturated heterocycles. The molecule has 0 aromatic carbocycles. The van der Waals surface area contributed by atoms with Crippen LogP contribution in [0.4, 0.5) is 0 Å². The van der Waals surface area contributed by atoms with E-state index in [-0.39, 0.29) is 5.92 Å². The highest BCUT2D eigenvalue weighted by atomic mass is 16.1. The van der Waals surface area contributed by atoms with Crippen molar-refractivity contribution in [1.82, 2.24) is 0 Å². The van der Waals surface area contributed by atoms with E-state index >= 15 is 0 Å². The van der Waals surface area contributed by atoms with Crippen molar-refractivity contribution in [2.45, 2.75) is 64.7 Å². The Morgan fingerprint density at radius 1 is 0.933 bits per heavy atom. The third-order valence-corrected chi connectivity index (χ3v) is 2.77. The lowest BCUT2D eigenvalue weighted by Gasteiger charge is -2.05. The Balaban J connectivity index is 3.21. The molecule has 0 aromatic heterocycles. The van der Waals surface area contributed by atoms with Crippen molar-refractivity contribution in [3.8, 4) is 0 Å². The second-order valence-electron chi connectivity index (χ2n) is 4.21. The van der Waals surface area contributed by atoms with Crippen LogP contribution in [0.3, 0.4) is 0 Å². The minimum absolute atomic E-state index is 0.0295. The van der Waals surface area contributed by atoms with Crippen LogP contribution in [0, 0.1) is 5.92 Å². The molecule has 15 heavy (non-hydrogen) atoms. The van der Waals surface area contributed by atoms with Crippen LogP contribution in [0.15, 0.2) is 0 Å². The lowest BCUT2D eigenvalue weighted by molar-refractivity contribution is -0.115. The van der Waals surface area contributed by atoms with Crippen LogP contribution in [0.25, 0.3) is 0 Å². The lowest BCUT2D eigenvalue weighted by Crippen LogP contribution is -2.02. The van der Waals surface area contributed by atoms with Gasteiger partial charge in [0.2, 0.25) is 0 Å². The van der Waals surface area contributed by atoms with Gasteiger partial charge in [-0.25, -0.2) is 0 Å². The van der Waals surface area contributed by atoms with Crippen molar-refractivity contribution in [2.24, 2.45) is 5.92 Å². The number of unbranched alkanes of at least 4 members (excludes halogenated alkanes) is 6. The Labute approximate surface area is 93.4 Å². The summed E-state index contributed by atoms with van der Waals surface area (Å²) in [7, 11) is 0. The van der Waals surface area contributed by atoms with Crippen LogP contribution in [0.2, 0.25) is 0 Å². The van der Waals surface area contributed by atoms with E-state index in [1.54, 1.807) is 0 Å². The number of hydrogen-bond donors (Lipinski definition) is 0. The molecular formula is C13H24O2. The Kier molecular flexibility index (Phi) is 10.9. The standard InChI is InChI=1S/C13H24O2/c1-2-3-4-5-6-7-8-9-13(12-15)10-11-14/h11-13H,2-10H2,1H3/t13-/m1/s1. The van der Waals surface area contributed by atoms with Gasteiger partial charge >= 0.3 is 0 Å². The second kappa shape index (κ2) is 11.4. The molecule has 2 nitrogen and oxygen atoms in total. The summed E-state index contributed by atoms with van der Waals surface area (Å²) in [6, 6.07) is 0. The highest BCUT2D eigenvalue weighted by molar-refractivity contribution is 5.61. The first-order chi connectivity index (χ1) is 7.35. The molecule has 0 bridgehead atoms. The van der Waals surface area contributed by atoms with E-state index in [4.69, 9.17) is 0 Å². The Hall–Kier alpha value is -0.660. The van der Waals surface area contributed by atoms with Gasteiger partial charge in [0, 0.05) is 12.3 Å². The number of rotatable bonds is 11. The molecule has 0 unspecified atom stereocenters. The van der Waals surface area contributed by atoms with Gasteiger partial charge in [0.1, 0.15) is 12.6 Å². The van der Waals surface area contributed by atoms with Gasteiger partial charge in [-0.05, 0) is 6.42 Å². The normalized spacial score (nSPS) is 12.3. The molecule has 0 aliphatic carbocycles. The maximum absolute atomic E-state index is 10.5. The molecule has 0 amide bonds. The molecule has 0 spiro atoms. The number of hydrogen-bond acceptors (Lipinski definition) is 2. The number of carbonyl (C=O) groups excluding carboxylic acids is 2. The predicted molar refractivity (Wildman–Crippen MR) is 62.8 cm³/mol. The monoisotopic (exact) mass is 212 g/mol. The Morgan fingerprint density at radius 2 is 1.53 bits per heavy atom. The summed E-state index contributed by atoms with van der Waals surface area (Å²) in [6.07, 6.45) is 11.9. The van der Waals surface area contributed by atoms with E-state index in [0.29, 0.717) is 6.42 Å². The summed E-state index contributed by atoms with van der Waals surface area (Å²) in [6.45, 7) is 2.22. The summed E-state index contributed by atoms with van der Waals surface area (Å²) >= 11 is 0. The van der Waals surface area contributed by atoms with Crippen LogP contribution >= 0.6 is 0 Å². The topological polar surface area (TPSA) is 34.1 Å². The van der Waals surface area contributed by atoms with E-state index in [9.17, 15) is 9.59 Å². The fourth-order valence-corrected chi connectivity index (χ4v) is 1.73. The summed E-state index contributed by atoms with van der Waals surface area (Å²) in [4.78, 5) is 20.8. The highest BCUT2D eigenvalue weighted by Crippen LogP contribution is 2.13. The lowest BCUT2D eigenvalue weighted by atomic mass is 9.99. The SMILES string of the molecule is CCCCCCCCC[C@@H](C=O)CC=O. The molecule has 0 aliphatic heterocycles. The molecule has 0 saturated carbocycles. The molecule has 0 aliphatic rings. The Morgan fingerprint density at radius 3 is 2.07 bits per heavy atom. The first kappa shape index (κ1) is 14.3. The first-order valence-electron chi connectivity index (χ1n) is 6.24. The average Bonchev–Trinajstić information content (AvgIpc) is 2.26. The average molecular weight is 212 g/mol. The molecule has 0 aromatic rings. The molecule has 2 heteroatoms. The molecular weight excluding hydrogens is 188 g/mol. The maximum atomic E-state index is 10.5. The van der Waals surface area contributed by atoms with Crippen LogP contribution in [-0.4, -0.2) is 12.6 Å². The minimum atomic E-state index is -0.0295. The van der Waals surface area contributed by atoms with Gasteiger partial charge in [-0.1, -0.05) is 51.9 Å². The smallest absolute Gasteiger partial charge is 0.123 e. The molecule has 0 radical (unpaired) electrons. The third-order valence-electron chi connectivity index (χ3n) is 2.77. The van der Waals surface area contributed by atoms with Crippen molar-refractivity contribution < 1.29 is 9.59 Å². The summed E-state index contributed by atoms with van der Waals surface area (Å²) in [5.41, 5.74) is 0. The zero-order valence-corrected chi connectivity index (χ0v) is 9.91. The van der Waals surface area contributed by atoms with E-state index in [2.05, 4.69) is 6.92 Å². The van der Waals surface area contributed by atoms with Crippen LogP contribution < -0.4 is 0 Å². The van der Waals surface area contributed by atoms with Crippen LogP contribution in [-0.2, 0) is 9.59 Å². The molecule has 0 fully saturated rings. The van der Waals surface area contributed by atoms with Crippen molar-refractivity contribution >= 4 is 12.6 Å². The molecule has 0 rings (SSSR count). The zero-order valence-electron chi connectivity index (χ0n) is 9.91. The van der Waals surface area contributed by atoms with Gasteiger partial charge in [-0.15, -0.1) is 0 Å². The second-order valence-corrected chi connectivity index (χ2v) is 4.21. The van der Waals surface area contributed by atoms with Gasteiger partial charge in [-0.2, -0.15) is 0 Å². The van der Waals surface area contributed by atoms with Crippen molar-refractivity contribution in [2.75, 3.05) is 0 Å². The minimum Gasteiger partial charge on any atom is -0.303 e. The molecule has 88 valence electrons. The number of aldehydes is 2. The molecule has 1 atom stereocenters. The summed E-state index contributed by atoms with van der Waals surface area (Å²) in [5, 5.41) is 0. The summed E-state index contributed by atoms with van der Waals surface area (Å²) < 4.78 is 0. The van der Waals surface area contributed by atoms with E-state index in [1.165, 1.54) is 38.5 Å². The quantitative estimate of drug-likeness (QED) is 0.388. The zero-order chi connectivity index (χ0) is 11.4. The van der Waals surface area contributed by atoms with E-state index in [1.807, 2.05) is 0 Å². The van der Waals surface area contributed by atoms with E-state index in [0.717, 1.165) is 25.4 Å². The van der Waals surface area contributed by atoms with Gasteiger partial charge in [0.25, 0.3) is 0 Å². The largest absolute Gasteiger partial charge is 0.303 e. The van der Waals surface area contributed by atoms with Gasteiger partial charge in [-0.3, -0.25) is 0 Å². The maximum Gasteiger partial charge on any atom is 0.123 e. The van der Waals surface area contributed by atoms with Crippen molar-refractivity contribution in [1.29, 1.82) is 0 Å².